The smallest absolute Gasteiger partial charge is 0.346 e. The van der Waals surface area contributed by atoms with Gasteiger partial charge in [-0.15, -0.1) is 11.3 Å². The zero-order valence-corrected chi connectivity index (χ0v) is 11.4. The number of hydrogen-bond donors (Lipinski definition) is 1. The molecule has 0 bridgehead atoms. The number of alkyl halides is 2. The van der Waals surface area contributed by atoms with Crippen LogP contribution in [-0.2, 0) is 5.41 Å². The van der Waals surface area contributed by atoms with Crippen molar-refractivity contribution in [2.45, 2.75) is 32.1 Å². The van der Waals surface area contributed by atoms with Gasteiger partial charge >= 0.3 is 5.97 Å². The molecule has 0 aliphatic carbocycles. The van der Waals surface area contributed by atoms with Crippen molar-refractivity contribution in [2.75, 3.05) is 0 Å². The molecule has 0 spiro atoms. The fourth-order valence-electron chi connectivity index (χ4n) is 1.22. The maximum atomic E-state index is 13.4. The fourth-order valence-corrected chi connectivity index (χ4v) is 2.82. The van der Waals surface area contributed by atoms with E-state index < -0.39 is 17.3 Å². The molecule has 0 saturated heterocycles. The Morgan fingerprint density at radius 1 is 1.44 bits per heavy atom. The van der Waals surface area contributed by atoms with Gasteiger partial charge in [0.1, 0.15) is 4.88 Å². The largest absolute Gasteiger partial charge is 0.477 e. The number of carboxylic acids is 1. The van der Waals surface area contributed by atoms with Crippen molar-refractivity contribution in [1.29, 1.82) is 0 Å². The zero-order valence-electron chi connectivity index (χ0n) is 8.97. The van der Waals surface area contributed by atoms with Crippen LogP contribution in [0, 0.1) is 0 Å². The predicted octanol–water partition coefficient (Wildman–Crippen LogP) is 4.14. The van der Waals surface area contributed by atoms with Crippen molar-refractivity contribution >= 4 is 33.2 Å². The number of rotatable bonds is 3. The van der Waals surface area contributed by atoms with Gasteiger partial charge in [0.15, 0.2) is 0 Å². The Hall–Kier alpha value is -0.490. The van der Waals surface area contributed by atoms with Crippen LogP contribution in [0.5, 0.6) is 0 Å². The number of hydrogen-bond acceptors (Lipinski definition) is 2. The Kier molecular flexibility index (Phi) is 3.45. The maximum absolute atomic E-state index is 13.4. The van der Waals surface area contributed by atoms with Gasteiger partial charge in [-0.1, -0.05) is 0 Å². The Labute approximate surface area is 104 Å². The van der Waals surface area contributed by atoms with Crippen LogP contribution in [0.4, 0.5) is 8.78 Å². The number of halogens is 3. The first-order chi connectivity index (χ1) is 7.07. The summed E-state index contributed by atoms with van der Waals surface area (Å²) in [4.78, 5) is 10.9. The van der Waals surface area contributed by atoms with Crippen molar-refractivity contribution in [2.24, 2.45) is 0 Å². The average Bonchev–Trinajstić information content (AvgIpc) is 2.45. The summed E-state index contributed by atoms with van der Waals surface area (Å²) >= 11 is 4.07. The lowest BCUT2D eigenvalue weighted by atomic mass is 9.79. The molecular formula is C10H11BrF2O2S. The molecule has 1 aromatic heterocycles. The normalized spacial score (nSPS) is 12.9. The van der Waals surface area contributed by atoms with Gasteiger partial charge < -0.3 is 5.11 Å². The molecule has 0 amide bonds. The molecule has 0 unspecified atom stereocenters. The minimum Gasteiger partial charge on any atom is -0.477 e. The Morgan fingerprint density at radius 3 is 2.31 bits per heavy atom. The highest BCUT2D eigenvalue weighted by atomic mass is 79.9. The first-order valence-electron chi connectivity index (χ1n) is 4.48. The standard InChI is InChI=1S/C10H11BrF2O2S/c1-9(2,10(3,12)13)5-4-6(11)16-7(5)8(14)15/h4H,1-3H3,(H,14,15). The van der Waals surface area contributed by atoms with E-state index in [1.165, 1.54) is 19.9 Å². The number of carbonyl (C=O) groups is 1. The number of thiophene rings is 1. The molecule has 2 nitrogen and oxygen atoms in total. The summed E-state index contributed by atoms with van der Waals surface area (Å²) in [6.07, 6.45) is 0. The van der Waals surface area contributed by atoms with Gasteiger partial charge in [-0.05, 0) is 41.4 Å². The molecule has 0 aliphatic heterocycles. The third kappa shape index (κ3) is 2.27. The zero-order chi connectivity index (χ0) is 12.7. The van der Waals surface area contributed by atoms with E-state index in [1.807, 2.05) is 0 Å². The highest BCUT2D eigenvalue weighted by molar-refractivity contribution is 9.11. The average molecular weight is 313 g/mol. The molecule has 16 heavy (non-hydrogen) atoms. The van der Waals surface area contributed by atoms with Crippen LogP contribution in [-0.4, -0.2) is 17.0 Å². The van der Waals surface area contributed by atoms with Crippen molar-refractivity contribution < 1.29 is 18.7 Å². The molecule has 1 aromatic rings. The summed E-state index contributed by atoms with van der Waals surface area (Å²) in [6.45, 7) is 3.48. The van der Waals surface area contributed by atoms with Crippen LogP contribution >= 0.6 is 27.3 Å². The van der Waals surface area contributed by atoms with E-state index in [2.05, 4.69) is 15.9 Å². The molecule has 0 aromatic carbocycles. The summed E-state index contributed by atoms with van der Waals surface area (Å²) in [5.41, 5.74) is -1.35. The van der Waals surface area contributed by atoms with Crippen LogP contribution in [0.3, 0.4) is 0 Å². The topological polar surface area (TPSA) is 37.3 Å². The van der Waals surface area contributed by atoms with E-state index in [4.69, 9.17) is 5.11 Å². The molecule has 0 fully saturated rings. The van der Waals surface area contributed by atoms with E-state index in [0.29, 0.717) is 3.79 Å². The van der Waals surface area contributed by atoms with Crippen LogP contribution in [0.15, 0.2) is 9.85 Å². The van der Waals surface area contributed by atoms with Gasteiger partial charge in [0.05, 0.1) is 9.20 Å². The molecule has 1 heterocycles. The minimum absolute atomic E-state index is 0.0431. The van der Waals surface area contributed by atoms with Crippen molar-refractivity contribution in [3.8, 4) is 0 Å². The van der Waals surface area contributed by atoms with Crippen LogP contribution in [0.1, 0.15) is 36.0 Å². The number of aromatic carboxylic acids is 1. The van der Waals surface area contributed by atoms with E-state index in [1.54, 1.807) is 0 Å². The van der Waals surface area contributed by atoms with Gasteiger partial charge in [-0.2, -0.15) is 0 Å². The van der Waals surface area contributed by atoms with E-state index in [9.17, 15) is 13.6 Å². The van der Waals surface area contributed by atoms with Crippen molar-refractivity contribution in [3.63, 3.8) is 0 Å². The van der Waals surface area contributed by atoms with Crippen molar-refractivity contribution in [1.82, 2.24) is 0 Å². The van der Waals surface area contributed by atoms with Gasteiger partial charge in [0, 0.05) is 6.92 Å². The van der Waals surface area contributed by atoms with E-state index in [-0.39, 0.29) is 10.4 Å². The van der Waals surface area contributed by atoms with Gasteiger partial charge in [-0.3, -0.25) is 0 Å². The van der Waals surface area contributed by atoms with Gasteiger partial charge in [-0.25, -0.2) is 13.6 Å². The summed E-state index contributed by atoms with van der Waals surface area (Å²) < 4.78 is 27.4. The van der Waals surface area contributed by atoms with Gasteiger partial charge in [0.25, 0.3) is 5.92 Å². The SMILES string of the molecule is CC(F)(F)C(C)(C)c1cc(Br)sc1C(=O)O. The molecule has 0 saturated carbocycles. The summed E-state index contributed by atoms with van der Waals surface area (Å²) in [6, 6.07) is 1.45. The minimum atomic E-state index is -2.99. The molecule has 1 N–H and O–H groups in total. The van der Waals surface area contributed by atoms with Crippen LogP contribution in [0.2, 0.25) is 0 Å². The van der Waals surface area contributed by atoms with Crippen molar-refractivity contribution in [3.05, 3.63) is 20.3 Å². The first kappa shape index (κ1) is 13.6. The van der Waals surface area contributed by atoms with Crippen LogP contribution < -0.4 is 0 Å². The highest BCUT2D eigenvalue weighted by Crippen LogP contribution is 2.44. The molecule has 0 radical (unpaired) electrons. The first-order valence-corrected chi connectivity index (χ1v) is 6.09. The Balaban J connectivity index is 3.38. The molecule has 6 heteroatoms. The summed E-state index contributed by atoms with van der Waals surface area (Å²) in [5, 5.41) is 8.95. The van der Waals surface area contributed by atoms with E-state index >= 15 is 0 Å². The number of carboxylic acid groups (broad SMARTS) is 1. The monoisotopic (exact) mass is 312 g/mol. The third-order valence-electron chi connectivity index (χ3n) is 2.67. The third-order valence-corrected chi connectivity index (χ3v) is 4.29. The lowest BCUT2D eigenvalue weighted by Crippen LogP contribution is -2.38. The molecule has 90 valence electrons. The van der Waals surface area contributed by atoms with Crippen LogP contribution in [0.25, 0.3) is 0 Å². The Bertz CT molecular complexity index is 421. The highest BCUT2D eigenvalue weighted by Gasteiger charge is 2.46. The second kappa shape index (κ2) is 4.07. The molecule has 1 rings (SSSR count). The lowest BCUT2D eigenvalue weighted by molar-refractivity contribution is -0.0468. The summed E-state index contributed by atoms with van der Waals surface area (Å²) in [5.74, 6) is -4.17. The molecular weight excluding hydrogens is 302 g/mol. The molecule has 0 atom stereocenters. The van der Waals surface area contributed by atoms with E-state index in [0.717, 1.165) is 18.3 Å². The van der Waals surface area contributed by atoms with Gasteiger partial charge in [0.2, 0.25) is 0 Å². The summed E-state index contributed by atoms with van der Waals surface area (Å²) in [7, 11) is 0. The quantitative estimate of drug-likeness (QED) is 0.910. The fraction of sp³-hybridized carbons (Fsp3) is 0.500. The predicted molar refractivity (Wildman–Crippen MR) is 62.6 cm³/mol. The lowest BCUT2D eigenvalue weighted by Gasteiger charge is -2.31. The Morgan fingerprint density at radius 2 is 1.94 bits per heavy atom. The second-order valence-corrected chi connectivity index (χ2v) is 6.54. The molecule has 0 aliphatic rings. The maximum Gasteiger partial charge on any atom is 0.346 e. The second-order valence-electron chi connectivity index (χ2n) is 4.11.